The summed E-state index contributed by atoms with van der Waals surface area (Å²) in [6, 6.07) is 0. The predicted molar refractivity (Wildman–Crippen MR) is 58.4 cm³/mol. The molecule has 0 atom stereocenters. The lowest BCUT2D eigenvalue weighted by molar-refractivity contribution is -0.115. The van der Waals surface area contributed by atoms with Crippen molar-refractivity contribution >= 4 is 51.6 Å². The minimum atomic E-state index is -0.134. The molecule has 1 aliphatic heterocycles. The first kappa shape index (κ1) is 8.86. The Hall–Kier alpha value is -0.720. The topological polar surface area (TPSA) is 42.0 Å². The molecule has 13 heavy (non-hydrogen) atoms. The Morgan fingerprint density at radius 2 is 2.46 bits per heavy atom. The third-order valence-corrected chi connectivity index (χ3v) is 3.23. The molecule has 0 spiro atoms. The fraction of sp³-hybridized carbons (Fsp3) is 0. The zero-order valence-electron chi connectivity index (χ0n) is 6.31. The van der Waals surface area contributed by atoms with Crippen molar-refractivity contribution in [1.29, 1.82) is 0 Å². The number of nitrogens with one attached hydrogen (secondary N) is 1. The smallest absolute Gasteiger partial charge is 0.263 e. The van der Waals surface area contributed by atoms with Crippen molar-refractivity contribution in [3.8, 4) is 0 Å². The molecule has 1 aromatic heterocycles. The molecular formula is C7H4N2OS3. The highest BCUT2D eigenvalue weighted by Gasteiger charge is 2.22. The van der Waals surface area contributed by atoms with Crippen LogP contribution in [0.2, 0.25) is 0 Å². The summed E-state index contributed by atoms with van der Waals surface area (Å²) in [7, 11) is 0. The summed E-state index contributed by atoms with van der Waals surface area (Å²) in [6.07, 6.45) is 3.44. The van der Waals surface area contributed by atoms with Crippen LogP contribution in [0.3, 0.4) is 0 Å². The van der Waals surface area contributed by atoms with E-state index in [4.69, 9.17) is 12.2 Å². The lowest BCUT2D eigenvalue weighted by Gasteiger charge is -1.87. The van der Waals surface area contributed by atoms with Gasteiger partial charge in [0.15, 0.2) is 0 Å². The van der Waals surface area contributed by atoms with E-state index < -0.39 is 0 Å². The van der Waals surface area contributed by atoms with Gasteiger partial charge in [-0.25, -0.2) is 4.98 Å². The Morgan fingerprint density at radius 1 is 1.62 bits per heavy atom. The average Bonchev–Trinajstić information content (AvgIpc) is 2.63. The number of nitrogens with zero attached hydrogens (tertiary/aromatic N) is 1. The van der Waals surface area contributed by atoms with Gasteiger partial charge in [0.05, 0.1) is 4.91 Å². The van der Waals surface area contributed by atoms with Crippen molar-refractivity contribution in [3.05, 3.63) is 21.5 Å². The maximum absolute atomic E-state index is 11.2. The molecule has 0 saturated carbocycles. The maximum Gasteiger partial charge on any atom is 0.263 e. The van der Waals surface area contributed by atoms with Crippen LogP contribution in [0.4, 0.5) is 0 Å². The number of carbonyl (C=O) groups excluding carboxylic acids is 1. The number of thioether (sulfide) groups is 1. The number of amides is 1. The normalized spacial score (nSPS) is 19.5. The zero-order valence-corrected chi connectivity index (χ0v) is 8.76. The number of rotatable bonds is 1. The molecule has 2 heterocycles. The molecule has 2 rings (SSSR count). The minimum Gasteiger partial charge on any atom is -0.307 e. The van der Waals surface area contributed by atoms with Gasteiger partial charge in [-0.2, -0.15) is 0 Å². The van der Waals surface area contributed by atoms with Gasteiger partial charge < -0.3 is 5.32 Å². The summed E-state index contributed by atoms with van der Waals surface area (Å²) >= 11 is 7.60. The molecular weight excluding hydrogens is 224 g/mol. The van der Waals surface area contributed by atoms with Crippen LogP contribution in [0, 0.1) is 0 Å². The average molecular weight is 228 g/mol. The summed E-state index contributed by atoms with van der Waals surface area (Å²) in [5, 5.41) is 5.23. The van der Waals surface area contributed by atoms with Gasteiger partial charge in [-0.3, -0.25) is 4.79 Å². The second-order valence-electron chi connectivity index (χ2n) is 2.22. The van der Waals surface area contributed by atoms with Crippen LogP contribution in [0.25, 0.3) is 6.08 Å². The van der Waals surface area contributed by atoms with Crippen LogP contribution in [0.15, 0.2) is 16.5 Å². The molecule has 6 heteroatoms. The van der Waals surface area contributed by atoms with E-state index in [0.717, 1.165) is 5.01 Å². The molecule has 3 nitrogen and oxygen atoms in total. The molecule has 0 aromatic carbocycles. The van der Waals surface area contributed by atoms with Crippen LogP contribution in [0.1, 0.15) is 5.01 Å². The highest BCUT2D eigenvalue weighted by atomic mass is 32.2. The molecule has 1 fully saturated rings. The van der Waals surface area contributed by atoms with Gasteiger partial charge >= 0.3 is 0 Å². The van der Waals surface area contributed by atoms with Crippen molar-refractivity contribution in [1.82, 2.24) is 10.3 Å². The minimum absolute atomic E-state index is 0.134. The fourth-order valence-corrected chi connectivity index (χ4v) is 2.50. The Labute approximate surface area is 88.2 Å². The largest absolute Gasteiger partial charge is 0.307 e. The number of thiocarbonyl (C=S) groups is 1. The second kappa shape index (κ2) is 3.57. The highest BCUT2D eigenvalue weighted by molar-refractivity contribution is 8.26. The van der Waals surface area contributed by atoms with Crippen LogP contribution >= 0.6 is 35.3 Å². The van der Waals surface area contributed by atoms with Crippen molar-refractivity contribution in [2.45, 2.75) is 0 Å². The quantitative estimate of drug-likeness (QED) is 0.586. The predicted octanol–water partition coefficient (Wildman–Crippen LogP) is 1.63. The zero-order chi connectivity index (χ0) is 9.26. The lowest BCUT2D eigenvalue weighted by Crippen LogP contribution is -2.17. The molecule has 1 amide bonds. The first-order chi connectivity index (χ1) is 6.25. The van der Waals surface area contributed by atoms with Crippen LogP contribution in [-0.4, -0.2) is 15.2 Å². The van der Waals surface area contributed by atoms with E-state index >= 15 is 0 Å². The number of aromatic nitrogens is 1. The van der Waals surface area contributed by atoms with Gasteiger partial charge in [-0.1, -0.05) is 24.0 Å². The molecule has 1 aromatic rings. The molecule has 0 aliphatic carbocycles. The van der Waals surface area contributed by atoms with Gasteiger partial charge in [0.25, 0.3) is 5.91 Å². The standard InChI is InChI=1S/C7H4N2OS3/c10-6-4(13-7(11)9-6)3-5-8-1-2-12-5/h1-3H,(H,9,10,11)/b4-3-. The first-order valence-electron chi connectivity index (χ1n) is 3.40. The van der Waals surface area contributed by atoms with Crippen molar-refractivity contribution in [2.24, 2.45) is 0 Å². The molecule has 1 saturated heterocycles. The number of hydrogen-bond donors (Lipinski definition) is 1. The first-order valence-corrected chi connectivity index (χ1v) is 5.50. The Morgan fingerprint density at radius 3 is 3.00 bits per heavy atom. The van der Waals surface area contributed by atoms with E-state index in [2.05, 4.69) is 10.3 Å². The van der Waals surface area contributed by atoms with E-state index in [1.807, 2.05) is 5.38 Å². The Balaban J connectivity index is 2.27. The molecule has 1 N–H and O–H groups in total. The van der Waals surface area contributed by atoms with Crippen LogP contribution < -0.4 is 5.32 Å². The Kier molecular flexibility index (Phi) is 2.43. The molecule has 0 unspecified atom stereocenters. The highest BCUT2D eigenvalue weighted by Crippen LogP contribution is 2.26. The second-order valence-corrected chi connectivity index (χ2v) is 4.87. The SMILES string of the molecule is O=C1NC(=S)S/C1=C\c1nccs1. The van der Waals surface area contributed by atoms with Gasteiger partial charge in [-0.15, -0.1) is 11.3 Å². The Bertz CT molecular complexity index is 382. The maximum atomic E-state index is 11.2. The summed E-state index contributed by atoms with van der Waals surface area (Å²) in [5.74, 6) is -0.134. The van der Waals surface area contributed by atoms with Crippen molar-refractivity contribution in [2.75, 3.05) is 0 Å². The van der Waals surface area contributed by atoms with Gasteiger partial charge in [-0.05, 0) is 6.08 Å². The van der Waals surface area contributed by atoms with E-state index in [1.54, 1.807) is 12.3 Å². The van der Waals surface area contributed by atoms with E-state index in [-0.39, 0.29) is 5.91 Å². The fourth-order valence-electron chi connectivity index (χ4n) is 0.839. The van der Waals surface area contributed by atoms with Gasteiger partial charge in [0, 0.05) is 11.6 Å². The third-order valence-electron chi connectivity index (χ3n) is 1.35. The summed E-state index contributed by atoms with van der Waals surface area (Å²) in [6.45, 7) is 0. The van der Waals surface area contributed by atoms with Gasteiger partial charge in [0.1, 0.15) is 9.33 Å². The van der Waals surface area contributed by atoms with E-state index in [9.17, 15) is 4.79 Å². The molecule has 66 valence electrons. The van der Waals surface area contributed by atoms with Crippen LogP contribution in [0.5, 0.6) is 0 Å². The lowest BCUT2D eigenvalue weighted by atomic mass is 10.5. The third kappa shape index (κ3) is 1.96. The number of thiazole rings is 1. The van der Waals surface area contributed by atoms with Gasteiger partial charge in [0.2, 0.25) is 0 Å². The summed E-state index contributed by atoms with van der Waals surface area (Å²) < 4.78 is 0.507. The summed E-state index contributed by atoms with van der Waals surface area (Å²) in [4.78, 5) is 15.9. The number of carbonyl (C=O) groups is 1. The molecule has 0 radical (unpaired) electrons. The van der Waals surface area contributed by atoms with Crippen molar-refractivity contribution in [3.63, 3.8) is 0 Å². The van der Waals surface area contributed by atoms with Crippen LogP contribution in [-0.2, 0) is 4.79 Å². The molecule has 1 aliphatic rings. The van der Waals surface area contributed by atoms with Crippen molar-refractivity contribution < 1.29 is 4.79 Å². The monoisotopic (exact) mass is 228 g/mol. The number of hydrogen-bond acceptors (Lipinski definition) is 5. The molecule has 0 bridgehead atoms. The van der Waals surface area contributed by atoms with E-state index in [0.29, 0.717) is 9.23 Å². The van der Waals surface area contributed by atoms with E-state index in [1.165, 1.54) is 23.1 Å². The summed E-state index contributed by atoms with van der Waals surface area (Å²) in [5.41, 5.74) is 0.